The van der Waals surface area contributed by atoms with Gasteiger partial charge in [-0.15, -0.1) is 0 Å². The van der Waals surface area contributed by atoms with Crippen molar-refractivity contribution in [2.24, 2.45) is 5.41 Å². The van der Waals surface area contributed by atoms with E-state index >= 15 is 0 Å². The maximum Gasteiger partial charge on any atom is 0.238 e. The first-order valence-electron chi connectivity index (χ1n) is 10.1. The summed E-state index contributed by atoms with van der Waals surface area (Å²) in [4.78, 5) is 29.7. The van der Waals surface area contributed by atoms with E-state index in [4.69, 9.17) is 4.74 Å². The number of amides is 2. The van der Waals surface area contributed by atoms with E-state index < -0.39 is 5.41 Å². The first-order chi connectivity index (χ1) is 13.1. The van der Waals surface area contributed by atoms with Crippen molar-refractivity contribution < 1.29 is 14.3 Å². The number of ether oxygens (including phenoxy) is 1. The molecule has 27 heavy (non-hydrogen) atoms. The topological polar surface area (TPSA) is 61.9 Å². The molecular formula is C21H31N3O3. The molecule has 148 valence electrons. The zero-order valence-corrected chi connectivity index (χ0v) is 16.5. The second-order valence-corrected chi connectivity index (χ2v) is 7.50. The van der Waals surface area contributed by atoms with Crippen LogP contribution in [0.25, 0.3) is 0 Å². The van der Waals surface area contributed by atoms with Gasteiger partial charge in [-0.2, -0.15) is 0 Å². The van der Waals surface area contributed by atoms with Crippen LogP contribution in [0.2, 0.25) is 0 Å². The maximum absolute atomic E-state index is 13.0. The van der Waals surface area contributed by atoms with E-state index in [0.29, 0.717) is 32.5 Å². The molecule has 0 aromatic heterocycles. The van der Waals surface area contributed by atoms with E-state index in [2.05, 4.69) is 17.1 Å². The highest BCUT2D eigenvalue weighted by atomic mass is 16.5. The molecule has 0 unspecified atom stereocenters. The molecule has 2 fully saturated rings. The fourth-order valence-corrected chi connectivity index (χ4v) is 3.75. The number of methoxy groups -OCH3 is 1. The minimum Gasteiger partial charge on any atom is -0.495 e. The molecule has 3 rings (SSSR count). The fraction of sp³-hybridized carbons (Fsp3) is 0.619. The number of benzene rings is 1. The Morgan fingerprint density at radius 3 is 2.44 bits per heavy atom. The Labute approximate surface area is 161 Å². The van der Waals surface area contributed by atoms with Crippen molar-refractivity contribution in [1.29, 1.82) is 0 Å². The molecule has 1 aliphatic carbocycles. The summed E-state index contributed by atoms with van der Waals surface area (Å²) in [5.41, 5.74) is 0.264. The minimum atomic E-state index is -0.793. The number of anilines is 1. The van der Waals surface area contributed by atoms with Crippen LogP contribution in [0.1, 0.15) is 39.0 Å². The number of hydrogen-bond donors (Lipinski definition) is 1. The molecule has 0 atom stereocenters. The Balaban J connectivity index is 1.54. The van der Waals surface area contributed by atoms with E-state index in [1.807, 2.05) is 29.2 Å². The average Bonchev–Trinajstić information content (AvgIpc) is 3.53. The van der Waals surface area contributed by atoms with E-state index in [1.165, 1.54) is 0 Å². The molecule has 0 spiro atoms. The van der Waals surface area contributed by atoms with Crippen LogP contribution in [0, 0.1) is 5.41 Å². The van der Waals surface area contributed by atoms with Gasteiger partial charge in [0, 0.05) is 32.7 Å². The second kappa shape index (κ2) is 8.63. The Bertz CT molecular complexity index is 664. The van der Waals surface area contributed by atoms with Crippen molar-refractivity contribution >= 4 is 17.5 Å². The van der Waals surface area contributed by atoms with E-state index in [9.17, 15) is 9.59 Å². The largest absolute Gasteiger partial charge is 0.495 e. The highest BCUT2D eigenvalue weighted by Crippen LogP contribution is 2.47. The van der Waals surface area contributed by atoms with Gasteiger partial charge >= 0.3 is 0 Å². The van der Waals surface area contributed by atoms with Gasteiger partial charge in [0.25, 0.3) is 0 Å². The molecule has 1 N–H and O–H groups in total. The summed E-state index contributed by atoms with van der Waals surface area (Å²) in [5, 5.41) is 2.98. The normalized spacial score (nSPS) is 18.1. The summed E-state index contributed by atoms with van der Waals surface area (Å²) in [6.45, 7) is 5.59. The highest BCUT2D eigenvalue weighted by molar-refractivity contribution is 6.07. The predicted octanol–water partition coefficient (Wildman–Crippen LogP) is 2.43. The first-order valence-corrected chi connectivity index (χ1v) is 10.1. The van der Waals surface area contributed by atoms with Gasteiger partial charge in [0.15, 0.2) is 0 Å². The summed E-state index contributed by atoms with van der Waals surface area (Å²) in [6.07, 6.45) is 4.56. The van der Waals surface area contributed by atoms with Crippen molar-refractivity contribution in [2.45, 2.75) is 39.0 Å². The number of unbranched alkanes of at least 4 members (excludes halogenated alkanes) is 2. The molecule has 1 aromatic rings. The van der Waals surface area contributed by atoms with Gasteiger partial charge in [-0.3, -0.25) is 9.59 Å². The van der Waals surface area contributed by atoms with Crippen LogP contribution in [0.3, 0.4) is 0 Å². The summed E-state index contributed by atoms with van der Waals surface area (Å²) in [6, 6.07) is 7.95. The van der Waals surface area contributed by atoms with Crippen molar-refractivity contribution in [3.8, 4) is 5.75 Å². The summed E-state index contributed by atoms with van der Waals surface area (Å²) in [7, 11) is 1.68. The summed E-state index contributed by atoms with van der Waals surface area (Å²) >= 11 is 0. The third-order valence-electron chi connectivity index (χ3n) is 5.65. The van der Waals surface area contributed by atoms with Crippen molar-refractivity contribution in [2.75, 3.05) is 44.7 Å². The Morgan fingerprint density at radius 1 is 1.11 bits per heavy atom. The average molecular weight is 373 g/mol. The molecule has 1 aromatic carbocycles. The molecule has 0 radical (unpaired) electrons. The van der Waals surface area contributed by atoms with Gasteiger partial charge in [0.1, 0.15) is 11.2 Å². The molecule has 2 amide bonds. The molecule has 1 saturated heterocycles. The van der Waals surface area contributed by atoms with Crippen LogP contribution >= 0.6 is 0 Å². The fourth-order valence-electron chi connectivity index (χ4n) is 3.75. The van der Waals surface area contributed by atoms with Crippen molar-refractivity contribution in [3.05, 3.63) is 24.3 Å². The minimum absolute atomic E-state index is 0.00941. The lowest BCUT2D eigenvalue weighted by Gasteiger charge is -2.38. The molecule has 2 aliphatic rings. The van der Waals surface area contributed by atoms with Crippen molar-refractivity contribution in [3.63, 3.8) is 0 Å². The SMILES string of the molecule is CCCCCNC(=O)C1(C(=O)N2CCN(c3ccccc3OC)CC2)CC1. The lowest BCUT2D eigenvalue weighted by Crippen LogP contribution is -2.53. The van der Waals surface area contributed by atoms with Crippen LogP contribution in [0.15, 0.2) is 24.3 Å². The Hall–Kier alpha value is -2.24. The second-order valence-electron chi connectivity index (χ2n) is 7.50. The Kier molecular flexibility index (Phi) is 6.24. The van der Waals surface area contributed by atoms with Gasteiger partial charge in [-0.05, 0) is 31.4 Å². The van der Waals surface area contributed by atoms with Crippen LogP contribution in [0.4, 0.5) is 5.69 Å². The monoisotopic (exact) mass is 373 g/mol. The first kappa shape index (κ1) is 19.5. The number of hydrogen-bond acceptors (Lipinski definition) is 4. The molecule has 1 aliphatic heterocycles. The number of nitrogens with zero attached hydrogens (tertiary/aromatic N) is 2. The van der Waals surface area contributed by atoms with Crippen LogP contribution < -0.4 is 15.0 Å². The molecule has 6 nitrogen and oxygen atoms in total. The summed E-state index contributed by atoms with van der Waals surface area (Å²) in [5.74, 6) is 0.785. The third-order valence-corrected chi connectivity index (χ3v) is 5.65. The van der Waals surface area contributed by atoms with Gasteiger partial charge < -0.3 is 19.9 Å². The molecular weight excluding hydrogens is 342 g/mol. The number of carbonyl (C=O) groups excluding carboxylic acids is 2. The van der Waals surface area contributed by atoms with Crippen LogP contribution in [-0.2, 0) is 9.59 Å². The smallest absolute Gasteiger partial charge is 0.238 e. The zero-order chi connectivity index (χ0) is 19.3. The number of piperazine rings is 1. The predicted molar refractivity (Wildman–Crippen MR) is 106 cm³/mol. The Morgan fingerprint density at radius 2 is 1.81 bits per heavy atom. The van der Waals surface area contributed by atoms with Gasteiger partial charge in [0.05, 0.1) is 12.8 Å². The lowest BCUT2D eigenvalue weighted by molar-refractivity contribution is -0.144. The molecule has 6 heteroatoms. The van der Waals surface area contributed by atoms with Gasteiger partial charge in [-0.25, -0.2) is 0 Å². The number of nitrogens with one attached hydrogen (secondary N) is 1. The summed E-state index contributed by atoms with van der Waals surface area (Å²) < 4.78 is 5.45. The number of rotatable bonds is 8. The molecule has 0 bridgehead atoms. The van der Waals surface area contributed by atoms with Gasteiger partial charge in [0.2, 0.25) is 11.8 Å². The molecule has 1 heterocycles. The van der Waals surface area contributed by atoms with Crippen molar-refractivity contribution in [1.82, 2.24) is 10.2 Å². The van der Waals surface area contributed by atoms with E-state index in [0.717, 1.165) is 43.8 Å². The maximum atomic E-state index is 13.0. The van der Waals surface area contributed by atoms with E-state index in [-0.39, 0.29) is 11.8 Å². The zero-order valence-electron chi connectivity index (χ0n) is 16.5. The highest BCUT2D eigenvalue weighted by Gasteiger charge is 2.58. The number of carbonyl (C=O) groups is 2. The van der Waals surface area contributed by atoms with Crippen LogP contribution in [-0.4, -0.2) is 56.5 Å². The van der Waals surface area contributed by atoms with Crippen LogP contribution in [0.5, 0.6) is 5.75 Å². The van der Waals surface area contributed by atoms with Gasteiger partial charge in [-0.1, -0.05) is 31.9 Å². The standard InChI is InChI=1S/C21H31N3O3/c1-3-4-7-12-22-19(25)21(10-11-21)20(26)24-15-13-23(14-16-24)17-8-5-6-9-18(17)27-2/h5-6,8-9H,3-4,7,10-16H2,1-2H3,(H,22,25). The third kappa shape index (κ3) is 4.20. The van der Waals surface area contributed by atoms with E-state index in [1.54, 1.807) is 7.11 Å². The lowest BCUT2D eigenvalue weighted by atomic mass is 10.0. The quantitative estimate of drug-likeness (QED) is 0.562. The molecule has 1 saturated carbocycles. The number of para-hydroxylation sites is 2.